The molecule has 0 fully saturated rings. The maximum absolute atomic E-state index is 12.2. The van der Waals surface area contributed by atoms with Gasteiger partial charge in [0.2, 0.25) is 5.69 Å². The van der Waals surface area contributed by atoms with E-state index in [9.17, 15) is 14.4 Å². The van der Waals surface area contributed by atoms with Crippen LogP contribution in [0.1, 0.15) is 12.0 Å². The molecule has 32 heavy (non-hydrogen) atoms. The lowest BCUT2D eigenvalue weighted by Crippen LogP contribution is -3.00. The summed E-state index contributed by atoms with van der Waals surface area (Å²) in [5, 5.41) is -1.19. The Bertz CT molecular complexity index is 1140. The van der Waals surface area contributed by atoms with Gasteiger partial charge >= 0.3 is 7.60 Å². The Labute approximate surface area is 200 Å². The first kappa shape index (κ1) is 26.0. The van der Waals surface area contributed by atoms with E-state index >= 15 is 0 Å². The van der Waals surface area contributed by atoms with Crippen LogP contribution in [0.3, 0.4) is 0 Å². The molecule has 1 unspecified atom stereocenters. The lowest BCUT2D eigenvalue weighted by atomic mass is 9.99. The lowest BCUT2D eigenvalue weighted by molar-refractivity contribution is -0.699. The van der Waals surface area contributed by atoms with Crippen molar-refractivity contribution in [3.63, 3.8) is 0 Å². The third-order valence-electron chi connectivity index (χ3n) is 5.55. The SMILES string of the molecule is Cc1ccc(-[n+]2ccc(-c3cc[n+](CC4(P(=O)(O)O)C=CC=CC4)cc3)cc2)cc1.[Cl-].[Cl-]. The zero-order chi connectivity index (χ0) is 21.2. The molecular formula is C24H25Cl2N2O3P. The van der Waals surface area contributed by atoms with Crippen LogP contribution in [0, 0.1) is 6.92 Å². The summed E-state index contributed by atoms with van der Waals surface area (Å²) in [6.45, 7) is 2.29. The smallest absolute Gasteiger partial charge is 0.342 e. The van der Waals surface area contributed by atoms with Crippen LogP contribution in [0.2, 0.25) is 0 Å². The molecule has 1 aliphatic carbocycles. The fourth-order valence-electron chi connectivity index (χ4n) is 3.66. The van der Waals surface area contributed by atoms with Crippen molar-refractivity contribution in [1.29, 1.82) is 0 Å². The van der Waals surface area contributed by atoms with E-state index in [1.165, 1.54) is 5.56 Å². The molecule has 2 heterocycles. The Hall–Kier alpha value is -2.27. The van der Waals surface area contributed by atoms with Gasteiger partial charge < -0.3 is 34.6 Å². The number of rotatable bonds is 5. The number of halogens is 2. The summed E-state index contributed by atoms with van der Waals surface area (Å²) in [7, 11) is -4.31. The molecule has 1 aromatic carbocycles. The molecule has 1 aliphatic rings. The largest absolute Gasteiger partial charge is 1.00 e. The van der Waals surface area contributed by atoms with Gasteiger partial charge in [-0.1, -0.05) is 42.0 Å². The first-order chi connectivity index (χ1) is 14.4. The van der Waals surface area contributed by atoms with E-state index < -0.39 is 12.8 Å². The number of pyridine rings is 2. The molecule has 0 amide bonds. The minimum absolute atomic E-state index is 0. The van der Waals surface area contributed by atoms with Crippen LogP contribution in [0.4, 0.5) is 0 Å². The quantitative estimate of drug-likeness (QED) is 0.311. The normalized spacial score (nSPS) is 17.3. The molecule has 4 rings (SSSR count). The monoisotopic (exact) mass is 490 g/mol. The summed E-state index contributed by atoms with van der Waals surface area (Å²) < 4.78 is 16.1. The Morgan fingerprint density at radius 3 is 1.94 bits per heavy atom. The highest BCUT2D eigenvalue weighted by atomic mass is 35.5. The van der Waals surface area contributed by atoms with Crippen LogP contribution in [-0.4, -0.2) is 14.9 Å². The number of nitrogens with zero attached hydrogens (tertiary/aromatic N) is 2. The van der Waals surface area contributed by atoms with Crippen molar-refractivity contribution in [2.24, 2.45) is 0 Å². The Kier molecular flexibility index (Phi) is 8.58. The van der Waals surface area contributed by atoms with Crippen molar-refractivity contribution in [3.05, 3.63) is 103 Å². The Balaban J connectivity index is 0.00000181. The molecule has 0 saturated carbocycles. The standard InChI is InChI=1S/C24H23N2O3P.2ClH/c1-20-5-7-23(8-6-20)26-17-11-22(12-18-26)21-9-15-25(16-10-21)19-24(30(27,28)29)13-3-2-4-14-24;;/h2-13,15-18H,14,19H2,1H3;2*1H. The Morgan fingerprint density at radius 2 is 1.44 bits per heavy atom. The summed E-state index contributed by atoms with van der Waals surface area (Å²) in [5.74, 6) is 0. The topological polar surface area (TPSA) is 65.3 Å². The number of hydrogen-bond acceptors (Lipinski definition) is 1. The summed E-state index contributed by atoms with van der Waals surface area (Å²) in [6, 6.07) is 16.4. The highest BCUT2D eigenvalue weighted by Gasteiger charge is 2.48. The van der Waals surface area contributed by atoms with Crippen LogP contribution in [-0.2, 0) is 11.1 Å². The summed E-state index contributed by atoms with van der Waals surface area (Å²) in [5.41, 5.74) is 4.46. The maximum Gasteiger partial charge on any atom is 0.342 e. The molecule has 0 bridgehead atoms. The van der Waals surface area contributed by atoms with Gasteiger partial charge in [0.25, 0.3) is 0 Å². The number of allylic oxidation sites excluding steroid dienone is 4. The van der Waals surface area contributed by atoms with Crippen LogP contribution in [0.5, 0.6) is 0 Å². The van der Waals surface area contributed by atoms with Gasteiger partial charge in [0, 0.05) is 36.4 Å². The molecule has 1 atom stereocenters. The molecule has 0 spiro atoms. The van der Waals surface area contributed by atoms with Crippen molar-refractivity contribution in [3.8, 4) is 16.8 Å². The summed E-state index contributed by atoms with van der Waals surface area (Å²) in [4.78, 5) is 19.9. The number of aryl methyl sites for hydroxylation is 1. The van der Waals surface area contributed by atoms with Gasteiger partial charge in [-0.25, -0.2) is 4.57 Å². The van der Waals surface area contributed by atoms with Crippen LogP contribution < -0.4 is 33.9 Å². The van der Waals surface area contributed by atoms with Crippen molar-refractivity contribution in [2.75, 3.05) is 0 Å². The van der Waals surface area contributed by atoms with Crippen LogP contribution in [0.15, 0.2) is 97.6 Å². The molecule has 5 nitrogen and oxygen atoms in total. The maximum atomic E-state index is 12.2. The molecule has 2 N–H and O–H groups in total. The van der Waals surface area contributed by atoms with Gasteiger partial charge in [0.15, 0.2) is 36.5 Å². The molecule has 0 aliphatic heterocycles. The fraction of sp³-hybridized carbons (Fsp3) is 0.167. The van der Waals surface area contributed by atoms with E-state index in [0.717, 1.165) is 16.8 Å². The second kappa shape index (κ2) is 10.6. The highest BCUT2D eigenvalue weighted by Crippen LogP contribution is 2.54. The van der Waals surface area contributed by atoms with E-state index in [-0.39, 0.29) is 31.4 Å². The summed E-state index contributed by atoms with van der Waals surface area (Å²) >= 11 is 0. The van der Waals surface area contributed by atoms with E-state index in [1.807, 2.05) is 47.6 Å². The van der Waals surface area contributed by atoms with Gasteiger partial charge in [-0.3, -0.25) is 4.57 Å². The number of aromatic nitrogens is 2. The predicted molar refractivity (Wildman–Crippen MR) is 116 cm³/mol. The number of benzene rings is 1. The third kappa shape index (κ3) is 5.55. The minimum atomic E-state index is -4.31. The average Bonchev–Trinajstić information content (AvgIpc) is 2.75. The highest BCUT2D eigenvalue weighted by molar-refractivity contribution is 7.53. The van der Waals surface area contributed by atoms with E-state index in [4.69, 9.17) is 0 Å². The van der Waals surface area contributed by atoms with E-state index in [2.05, 4.69) is 47.9 Å². The van der Waals surface area contributed by atoms with Gasteiger partial charge in [0.1, 0.15) is 0 Å². The number of hydrogen-bond donors (Lipinski definition) is 2. The zero-order valence-electron chi connectivity index (χ0n) is 17.6. The Morgan fingerprint density at radius 1 is 0.875 bits per heavy atom. The average molecular weight is 491 g/mol. The molecule has 168 valence electrons. The minimum Gasteiger partial charge on any atom is -1.00 e. The first-order valence-corrected chi connectivity index (χ1v) is 11.5. The van der Waals surface area contributed by atoms with Crippen molar-refractivity contribution < 1.29 is 48.3 Å². The predicted octanol–water partition coefficient (Wildman–Crippen LogP) is -2.33. The summed E-state index contributed by atoms with van der Waals surface area (Å²) in [6.07, 6.45) is 15.1. The molecule has 3 aromatic rings. The van der Waals surface area contributed by atoms with Crippen LogP contribution in [0.25, 0.3) is 16.8 Å². The van der Waals surface area contributed by atoms with Gasteiger partial charge in [-0.15, -0.1) is 0 Å². The van der Waals surface area contributed by atoms with Crippen LogP contribution >= 0.6 is 7.60 Å². The molecule has 2 aromatic heterocycles. The van der Waals surface area contributed by atoms with E-state index in [1.54, 1.807) is 18.2 Å². The molecular weight excluding hydrogens is 466 g/mol. The van der Waals surface area contributed by atoms with Crippen molar-refractivity contribution >= 4 is 7.60 Å². The van der Waals surface area contributed by atoms with Gasteiger partial charge in [-0.05, 0) is 24.5 Å². The second-order valence-corrected chi connectivity index (χ2v) is 9.71. The molecule has 0 radical (unpaired) electrons. The van der Waals surface area contributed by atoms with Crippen molar-refractivity contribution in [1.82, 2.24) is 0 Å². The van der Waals surface area contributed by atoms with Crippen molar-refractivity contribution in [2.45, 2.75) is 25.0 Å². The third-order valence-corrected chi connectivity index (χ3v) is 7.18. The first-order valence-electron chi connectivity index (χ1n) is 9.84. The fourth-order valence-corrected chi connectivity index (χ4v) is 4.63. The zero-order valence-corrected chi connectivity index (χ0v) is 20.0. The second-order valence-electron chi connectivity index (χ2n) is 7.73. The lowest BCUT2D eigenvalue weighted by Gasteiger charge is -2.28. The molecule has 0 saturated heterocycles. The van der Waals surface area contributed by atoms with Gasteiger partial charge in [0.05, 0.1) is 0 Å². The van der Waals surface area contributed by atoms with Gasteiger partial charge in [-0.2, -0.15) is 4.57 Å². The van der Waals surface area contributed by atoms with E-state index in [0.29, 0.717) is 6.42 Å². The molecule has 8 heteroatoms.